The zero-order chi connectivity index (χ0) is 16.1. The molecule has 0 bridgehead atoms. The summed E-state index contributed by atoms with van der Waals surface area (Å²) in [5, 5.41) is 4.66. The van der Waals surface area contributed by atoms with E-state index >= 15 is 0 Å². The van der Waals surface area contributed by atoms with E-state index in [-0.39, 0.29) is 23.7 Å². The minimum atomic E-state index is -0.171. The number of esters is 1. The largest absolute Gasteiger partial charge is 0.466 e. The maximum Gasteiger partial charge on any atom is 0.309 e. The predicted molar refractivity (Wildman–Crippen MR) is 82.3 cm³/mol. The van der Waals surface area contributed by atoms with Gasteiger partial charge in [-0.05, 0) is 19.8 Å². The van der Waals surface area contributed by atoms with Gasteiger partial charge >= 0.3 is 5.97 Å². The van der Waals surface area contributed by atoms with Crippen LogP contribution in [0, 0.1) is 11.8 Å². The van der Waals surface area contributed by atoms with Crippen molar-refractivity contribution < 1.29 is 14.3 Å². The fourth-order valence-electron chi connectivity index (χ4n) is 2.70. The number of aromatic nitrogens is 2. The van der Waals surface area contributed by atoms with Crippen LogP contribution in [-0.2, 0) is 20.9 Å². The van der Waals surface area contributed by atoms with Crippen molar-refractivity contribution in [2.45, 2.75) is 33.2 Å². The van der Waals surface area contributed by atoms with Crippen LogP contribution in [0.1, 0.15) is 26.7 Å². The first-order valence-electron chi connectivity index (χ1n) is 7.64. The van der Waals surface area contributed by atoms with Crippen molar-refractivity contribution in [1.82, 2.24) is 14.7 Å². The smallest absolute Gasteiger partial charge is 0.309 e. The summed E-state index contributed by atoms with van der Waals surface area (Å²) < 4.78 is 6.72. The van der Waals surface area contributed by atoms with E-state index < -0.39 is 0 Å². The number of halogens is 1. The highest BCUT2D eigenvalue weighted by atomic mass is 35.5. The van der Waals surface area contributed by atoms with Gasteiger partial charge in [-0.3, -0.25) is 14.3 Å². The van der Waals surface area contributed by atoms with Gasteiger partial charge in [0.05, 0.1) is 36.2 Å². The minimum absolute atomic E-state index is 0.0794. The van der Waals surface area contributed by atoms with Crippen molar-refractivity contribution in [3.63, 3.8) is 0 Å². The number of ether oxygens (including phenoxy) is 1. The Morgan fingerprint density at radius 1 is 1.45 bits per heavy atom. The molecule has 0 spiro atoms. The Kier molecular flexibility index (Phi) is 5.83. The topological polar surface area (TPSA) is 64.4 Å². The molecule has 0 N–H and O–H groups in total. The van der Waals surface area contributed by atoms with Crippen LogP contribution in [0.2, 0.25) is 5.02 Å². The number of carbonyl (C=O) groups excluding carboxylic acids is 2. The lowest BCUT2D eigenvalue weighted by Crippen LogP contribution is -2.43. The maximum absolute atomic E-state index is 12.4. The van der Waals surface area contributed by atoms with E-state index in [1.165, 1.54) is 0 Å². The average Bonchev–Trinajstić information content (AvgIpc) is 2.92. The fraction of sp³-hybridized carbons (Fsp3) is 0.667. The molecule has 122 valence electrons. The number of amides is 1. The van der Waals surface area contributed by atoms with Crippen LogP contribution in [-0.4, -0.2) is 46.3 Å². The van der Waals surface area contributed by atoms with Crippen molar-refractivity contribution in [2.24, 2.45) is 11.8 Å². The Morgan fingerprint density at radius 3 is 2.68 bits per heavy atom. The molecular weight excluding hydrogens is 306 g/mol. The summed E-state index contributed by atoms with van der Waals surface area (Å²) in [6.45, 7) is 5.80. The van der Waals surface area contributed by atoms with Crippen LogP contribution in [0.3, 0.4) is 0 Å². The molecule has 0 saturated carbocycles. The average molecular weight is 328 g/mol. The lowest BCUT2D eigenvalue weighted by atomic mass is 9.96. The van der Waals surface area contributed by atoms with Gasteiger partial charge in [0.15, 0.2) is 0 Å². The van der Waals surface area contributed by atoms with E-state index in [2.05, 4.69) is 5.10 Å². The molecule has 2 rings (SSSR count). The molecule has 1 fully saturated rings. The van der Waals surface area contributed by atoms with Crippen LogP contribution in [0.15, 0.2) is 12.4 Å². The normalized spacial score (nSPS) is 17.3. The van der Waals surface area contributed by atoms with Gasteiger partial charge in [0.25, 0.3) is 0 Å². The number of rotatable bonds is 5. The number of hydrogen-bond donors (Lipinski definition) is 0. The molecule has 0 aliphatic carbocycles. The second-order valence-corrected chi connectivity index (χ2v) is 6.07. The number of likely N-dealkylation sites (tertiary alicyclic amines) is 1. The number of nitrogens with zero attached hydrogens (tertiary/aromatic N) is 3. The van der Waals surface area contributed by atoms with Crippen molar-refractivity contribution in [1.29, 1.82) is 0 Å². The molecule has 1 saturated heterocycles. The van der Waals surface area contributed by atoms with Crippen molar-refractivity contribution in [3.05, 3.63) is 17.4 Å². The highest BCUT2D eigenvalue weighted by Gasteiger charge is 2.30. The van der Waals surface area contributed by atoms with Gasteiger partial charge < -0.3 is 9.64 Å². The molecule has 1 aliphatic heterocycles. The standard InChI is InChI=1S/C15H22ClN3O3/c1-3-22-15(21)12-4-6-18(7-5-12)14(20)11(2)9-19-10-13(16)8-17-19/h8,10-12H,3-7,9H2,1-2H3. The Hall–Kier alpha value is -1.56. The highest BCUT2D eigenvalue weighted by molar-refractivity contribution is 6.30. The zero-order valence-corrected chi connectivity index (χ0v) is 13.8. The van der Waals surface area contributed by atoms with Crippen molar-refractivity contribution in [3.8, 4) is 0 Å². The Balaban J connectivity index is 1.82. The minimum Gasteiger partial charge on any atom is -0.466 e. The summed E-state index contributed by atoms with van der Waals surface area (Å²) in [7, 11) is 0. The van der Waals surface area contributed by atoms with Crippen LogP contribution < -0.4 is 0 Å². The molecule has 7 heteroatoms. The number of carbonyl (C=O) groups is 2. The third kappa shape index (κ3) is 4.22. The molecule has 22 heavy (non-hydrogen) atoms. The monoisotopic (exact) mass is 327 g/mol. The first kappa shape index (κ1) is 16.8. The van der Waals surface area contributed by atoms with E-state index in [1.807, 2.05) is 11.8 Å². The summed E-state index contributed by atoms with van der Waals surface area (Å²) in [6.07, 6.45) is 4.61. The summed E-state index contributed by atoms with van der Waals surface area (Å²) in [6, 6.07) is 0. The summed E-state index contributed by atoms with van der Waals surface area (Å²) in [5.74, 6) is -0.304. The third-order valence-corrected chi connectivity index (χ3v) is 4.11. The second-order valence-electron chi connectivity index (χ2n) is 5.63. The van der Waals surface area contributed by atoms with Gasteiger partial charge in [-0.1, -0.05) is 18.5 Å². The third-order valence-electron chi connectivity index (χ3n) is 3.91. The summed E-state index contributed by atoms with van der Waals surface area (Å²) in [4.78, 5) is 26.0. The van der Waals surface area contributed by atoms with Gasteiger partial charge in [-0.25, -0.2) is 0 Å². The predicted octanol–water partition coefficient (Wildman–Crippen LogP) is 1.97. The molecule has 6 nitrogen and oxygen atoms in total. The molecule has 1 amide bonds. The van der Waals surface area contributed by atoms with Gasteiger partial charge in [0.1, 0.15) is 0 Å². The second kappa shape index (κ2) is 7.63. The van der Waals surface area contributed by atoms with E-state index in [4.69, 9.17) is 16.3 Å². The first-order chi connectivity index (χ1) is 10.5. The fourth-order valence-corrected chi connectivity index (χ4v) is 2.86. The quantitative estimate of drug-likeness (QED) is 0.776. The van der Waals surface area contributed by atoms with Crippen LogP contribution in [0.5, 0.6) is 0 Å². The van der Waals surface area contributed by atoms with Crippen molar-refractivity contribution >= 4 is 23.5 Å². The van der Waals surface area contributed by atoms with E-state index in [9.17, 15) is 9.59 Å². The van der Waals surface area contributed by atoms with Gasteiger partial charge in [-0.2, -0.15) is 5.10 Å². The molecular formula is C15H22ClN3O3. The van der Waals surface area contributed by atoms with Crippen LogP contribution >= 0.6 is 11.6 Å². The number of hydrogen-bond acceptors (Lipinski definition) is 4. The van der Waals surface area contributed by atoms with Gasteiger partial charge in [0, 0.05) is 19.3 Å². The van der Waals surface area contributed by atoms with Crippen molar-refractivity contribution in [2.75, 3.05) is 19.7 Å². The molecule has 1 aromatic rings. The Morgan fingerprint density at radius 2 is 2.14 bits per heavy atom. The Labute approximate surface area is 135 Å². The zero-order valence-electron chi connectivity index (χ0n) is 13.0. The SMILES string of the molecule is CCOC(=O)C1CCN(C(=O)C(C)Cn2cc(Cl)cn2)CC1. The molecule has 0 aromatic carbocycles. The van der Waals surface area contributed by atoms with Gasteiger partial charge in [0.2, 0.25) is 5.91 Å². The lowest BCUT2D eigenvalue weighted by molar-refractivity contribution is -0.151. The van der Waals surface area contributed by atoms with E-state index in [1.54, 1.807) is 24.0 Å². The van der Waals surface area contributed by atoms with Crippen LogP contribution in [0.4, 0.5) is 0 Å². The maximum atomic E-state index is 12.4. The molecule has 2 heterocycles. The summed E-state index contributed by atoms with van der Waals surface area (Å²) >= 11 is 5.82. The van der Waals surface area contributed by atoms with E-state index in [0.717, 1.165) is 0 Å². The number of piperidine rings is 1. The van der Waals surface area contributed by atoms with Gasteiger partial charge in [-0.15, -0.1) is 0 Å². The Bertz CT molecular complexity index is 524. The first-order valence-corrected chi connectivity index (χ1v) is 8.02. The van der Waals surface area contributed by atoms with Crippen LogP contribution in [0.25, 0.3) is 0 Å². The molecule has 1 aliphatic rings. The molecule has 1 unspecified atom stereocenters. The highest BCUT2D eigenvalue weighted by Crippen LogP contribution is 2.20. The van der Waals surface area contributed by atoms with E-state index in [0.29, 0.717) is 44.1 Å². The lowest BCUT2D eigenvalue weighted by Gasteiger charge is -2.32. The molecule has 1 aromatic heterocycles. The molecule has 0 radical (unpaired) electrons. The summed E-state index contributed by atoms with van der Waals surface area (Å²) in [5.41, 5.74) is 0. The molecule has 1 atom stereocenters.